The lowest BCUT2D eigenvalue weighted by Gasteiger charge is -2.31. The number of hydrogen-bond acceptors (Lipinski definition) is 13. The lowest BCUT2D eigenvalue weighted by Crippen LogP contribution is -2.62. The Morgan fingerprint density at radius 1 is 0.667 bits per heavy atom. The summed E-state index contributed by atoms with van der Waals surface area (Å²) in [7, 11) is 0. The van der Waals surface area contributed by atoms with Gasteiger partial charge in [0.15, 0.2) is 5.96 Å². The number of carbonyl (C=O) groups excluding carboxylic acids is 9. The molecule has 0 unspecified atom stereocenters. The minimum Gasteiger partial charge on any atom is -0.480 e. The minimum atomic E-state index is -1.27. The molecule has 0 aliphatic carbocycles. The summed E-state index contributed by atoms with van der Waals surface area (Å²) in [6, 6.07) is -9.43. The second-order valence-corrected chi connectivity index (χ2v) is 18.1. The lowest BCUT2D eigenvalue weighted by molar-refractivity contribution is -0.145. The van der Waals surface area contributed by atoms with E-state index in [0.717, 1.165) is 0 Å². The van der Waals surface area contributed by atoms with Crippen LogP contribution >= 0.6 is 11.8 Å². The number of hydrogen-bond donors (Lipinski definition) is 12. The minimum absolute atomic E-state index is 0.0345. The molecule has 1 saturated heterocycles. The molecule has 0 bridgehead atoms. The Morgan fingerprint density at radius 2 is 1.17 bits per heavy atom. The van der Waals surface area contributed by atoms with Crippen molar-refractivity contribution < 1.29 is 53.1 Å². The van der Waals surface area contributed by atoms with Crippen molar-refractivity contribution in [2.45, 2.75) is 142 Å². The third kappa shape index (κ3) is 19.8. The first-order valence-corrected chi connectivity index (χ1v) is 23.4. The van der Waals surface area contributed by atoms with Crippen LogP contribution in [0.25, 0.3) is 0 Å². The molecule has 1 aliphatic heterocycles. The first-order chi connectivity index (χ1) is 30.9. The number of nitrogens with two attached hydrogens (primary N) is 4. The number of thioether (sulfide) groups is 1. The highest BCUT2D eigenvalue weighted by Crippen LogP contribution is 2.20. The fourth-order valence-corrected chi connectivity index (χ4v) is 7.35. The van der Waals surface area contributed by atoms with Crippen LogP contribution in [0.3, 0.4) is 0 Å². The molecule has 24 nitrogen and oxygen atoms in total. The zero-order valence-corrected chi connectivity index (χ0v) is 40.1. The predicted molar refractivity (Wildman–Crippen MR) is 246 cm³/mol. The maximum absolute atomic E-state index is 13.9. The number of likely N-dealkylation sites (tertiary alicyclic amines) is 1. The zero-order valence-electron chi connectivity index (χ0n) is 39.3. The van der Waals surface area contributed by atoms with Crippen molar-refractivity contribution in [2.75, 3.05) is 31.6 Å². The number of carboxylic acids is 1. The van der Waals surface area contributed by atoms with E-state index in [9.17, 15) is 53.1 Å². The summed E-state index contributed by atoms with van der Waals surface area (Å²) in [5.74, 6) is -8.88. The Labute approximate surface area is 390 Å². The van der Waals surface area contributed by atoms with Crippen molar-refractivity contribution in [3.8, 4) is 0 Å². The van der Waals surface area contributed by atoms with Gasteiger partial charge in [-0.15, -0.1) is 0 Å². The molecule has 16 N–H and O–H groups in total. The van der Waals surface area contributed by atoms with Gasteiger partial charge in [-0.1, -0.05) is 41.5 Å². The number of nitrogens with zero attached hydrogens (tertiary/aromatic N) is 2. The van der Waals surface area contributed by atoms with Crippen molar-refractivity contribution >= 4 is 76.9 Å². The Hall–Kier alpha value is -5.72. The van der Waals surface area contributed by atoms with Crippen LogP contribution in [0.2, 0.25) is 0 Å². The van der Waals surface area contributed by atoms with E-state index in [2.05, 4.69) is 42.2 Å². The van der Waals surface area contributed by atoms with Crippen molar-refractivity contribution in [3.05, 3.63) is 0 Å². The summed E-state index contributed by atoms with van der Waals surface area (Å²) < 4.78 is 0. The average Bonchev–Trinajstić information content (AvgIpc) is 3.73. The number of nitrogens with one attached hydrogen (secondary N) is 7. The van der Waals surface area contributed by atoms with E-state index in [1.54, 1.807) is 47.8 Å². The van der Waals surface area contributed by atoms with E-state index in [1.165, 1.54) is 23.6 Å². The van der Waals surface area contributed by atoms with Crippen molar-refractivity contribution in [3.63, 3.8) is 0 Å². The molecule has 0 radical (unpaired) electrons. The number of aliphatic imine (C=N–C) groups is 1. The largest absolute Gasteiger partial charge is 0.480 e. The Bertz CT molecular complexity index is 1740. The standard InChI is InChI=1S/C41H73N13O11S/c1-20(2)30(36(60)47-23(7)39(63)54-17-10-12-27(54)35(59)50-26(40(64)65)11-9-16-46-41(44)45)53-38(62)32(22(5)6)52-34(58)25(15-18-66-8)49-37(61)31(21(3)4)51-33(57)24(13-14-28(43)55)48-29(56)19-42/h20-27,30-32H,9-19,42H2,1-8H3,(H2,43,55)(H,47,60)(H,48,56)(H,49,61)(H,50,59)(H,51,57)(H,52,58)(H,53,62)(H,64,65)(H4,44,45,46)/t23-,24-,25-,26-,27-,30-,31-,32-/m0/s1. The molecule has 8 atom stereocenters. The maximum atomic E-state index is 13.9. The predicted octanol–water partition coefficient (Wildman–Crippen LogP) is -3.53. The molecule has 1 heterocycles. The average molecular weight is 956 g/mol. The topological polar surface area (TPSA) is 395 Å². The zero-order chi connectivity index (χ0) is 50.4. The van der Waals surface area contributed by atoms with Crippen molar-refractivity contribution in [2.24, 2.45) is 45.7 Å². The maximum Gasteiger partial charge on any atom is 0.326 e. The molecule has 66 heavy (non-hydrogen) atoms. The van der Waals surface area contributed by atoms with E-state index >= 15 is 0 Å². The van der Waals surface area contributed by atoms with E-state index in [4.69, 9.17) is 22.9 Å². The lowest BCUT2D eigenvalue weighted by atomic mass is 9.98. The molecule has 1 aliphatic rings. The van der Waals surface area contributed by atoms with Crippen LogP contribution in [0.5, 0.6) is 0 Å². The van der Waals surface area contributed by atoms with Gasteiger partial charge in [-0.3, -0.25) is 48.1 Å². The summed E-state index contributed by atoms with van der Waals surface area (Å²) in [5, 5.41) is 27.9. The van der Waals surface area contributed by atoms with Gasteiger partial charge in [0.2, 0.25) is 53.2 Å². The number of carboxylic acid groups (broad SMARTS) is 1. The Kier molecular flexibility index (Phi) is 25.6. The normalized spacial score (nSPS) is 16.7. The number of carbonyl (C=O) groups is 10. The van der Waals surface area contributed by atoms with Gasteiger partial charge in [-0.05, 0) is 75.2 Å². The molecule has 0 saturated carbocycles. The van der Waals surface area contributed by atoms with Gasteiger partial charge >= 0.3 is 5.97 Å². The van der Waals surface area contributed by atoms with Crippen molar-refractivity contribution in [1.29, 1.82) is 0 Å². The number of primary amides is 1. The number of aliphatic carboxylic acids is 1. The summed E-state index contributed by atoms with van der Waals surface area (Å²) >= 11 is 1.40. The molecule has 1 fully saturated rings. The highest BCUT2D eigenvalue weighted by molar-refractivity contribution is 7.98. The molecule has 1 rings (SSSR count). The van der Waals surface area contributed by atoms with E-state index in [1.807, 2.05) is 0 Å². The fraction of sp³-hybridized carbons (Fsp3) is 0.732. The molecular weight excluding hydrogens is 883 g/mol. The summed E-state index contributed by atoms with van der Waals surface area (Å²) in [6.07, 6.45) is 2.54. The first kappa shape index (κ1) is 58.3. The monoisotopic (exact) mass is 956 g/mol. The van der Waals surface area contributed by atoms with Crippen molar-refractivity contribution in [1.82, 2.24) is 42.1 Å². The van der Waals surface area contributed by atoms with E-state index < -0.39 is 132 Å². The van der Waals surface area contributed by atoms with Crippen LogP contribution in [-0.2, 0) is 47.9 Å². The van der Waals surface area contributed by atoms with Crippen LogP contribution in [0.4, 0.5) is 0 Å². The molecule has 0 aromatic rings. The number of amides is 9. The second kappa shape index (κ2) is 29.0. The van der Waals surface area contributed by atoms with Gasteiger partial charge in [0.05, 0.1) is 6.54 Å². The van der Waals surface area contributed by atoms with Gasteiger partial charge in [0, 0.05) is 19.5 Å². The highest BCUT2D eigenvalue weighted by Gasteiger charge is 2.39. The third-order valence-corrected chi connectivity index (χ3v) is 11.3. The van der Waals surface area contributed by atoms with Gasteiger partial charge in [-0.2, -0.15) is 11.8 Å². The molecule has 9 amide bonds. The molecule has 25 heteroatoms. The van der Waals surface area contributed by atoms with E-state index in [-0.39, 0.29) is 57.6 Å². The van der Waals surface area contributed by atoms with Crippen LogP contribution in [0.1, 0.15) is 93.4 Å². The Balaban J connectivity index is 3.14. The van der Waals surface area contributed by atoms with Gasteiger partial charge in [0.1, 0.15) is 48.3 Å². The van der Waals surface area contributed by atoms with Crippen LogP contribution in [-0.4, -0.2) is 155 Å². The summed E-state index contributed by atoms with van der Waals surface area (Å²) in [6.45, 7) is 11.3. The third-order valence-electron chi connectivity index (χ3n) is 10.6. The smallest absolute Gasteiger partial charge is 0.326 e. The first-order valence-electron chi connectivity index (χ1n) is 22.0. The van der Waals surface area contributed by atoms with Gasteiger partial charge in [0.25, 0.3) is 0 Å². The molecule has 0 spiro atoms. The molecule has 0 aromatic heterocycles. The summed E-state index contributed by atoms with van der Waals surface area (Å²) in [4.78, 5) is 136. The highest BCUT2D eigenvalue weighted by atomic mass is 32.2. The second-order valence-electron chi connectivity index (χ2n) is 17.1. The number of guanidine groups is 1. The van der Waals surface area contributed by atoms with Crippen LogP contribution < -0.4 is 60.2 Å². The van der Waals surface area contributed by atoms with Crippen LogP contribution in [0.15, 0.2) is 4.99 Å². The SMILES string of the molecule is CSCC[C@H](NC(=O)[C@@H](NC(=O)[C@H](CCC(N)=O)NC(=O)CN)C(C)C)C(=O)N[C@H](C(=O)N[C@H](C(=O)N[C@@H](C)C(=O)N1CCC[C@H]1C(=O)N[C@@H](CCCN=C(N)N)C(=O)O)C(C)C)C(C)C. The summed E-state index contributed by atoms with van der Waals surface area (Å²) in [5.41, 5.74) is 21.3. The quantitative estimate of drug-likeness (QED) is 0.0196. The van der Waals surface area contributed by atoms with Gasteiger partial charge in [-0.25, -0.2) is 4.79 Å². The van der Waals surface area contributed by atoms with E-state index in [0.29, 0.717) is 12.2 Å². The van der Waals surface area contributed by atoms with Gasteiger partial charge < -0.3 is 70.2 Å². The fourth-order valence-electron chi connectivity index (χ4n) is 6.88. The number of rotatable bonds is 29. The molecule has 0 aromatic carbocycles. The molecule has 374 valence electrons. The Morgan fingerprint density at radius 3 is 1.64 bits per heavy atom. The molecular formula is C41H73N13O11S. The van der Waals surface area contributed by atoms with Crippen LogP contribution in [0, 0.1) is 17.8 Å².